The summed E-state index contributed by atoms with van der Waals surface area (Å²) < 4.78 is 5.43. The molecule has 0 spiro atoms. The van der Waals surface area contributed by atoms with Crippen molar-refractivity contribution in [2.24, 2.45) is 0 Å². The Morgan fingerprint density at radius 2 is 1.65 bits per heavy atom. The third kappa shape index (κ3) is 5.25. The molecule has 0 fully saturated rings. The lowest BCUT2D eigenvalue weighted by Crippen LogP contribution is -3.12. The van der Waals surface area contributed by atoms with E-state index in [0.717, 1.165) is 25.2 Å². The molecule has 160 valence electrons. The van der Waals surface area contributed by atoms with E-state index >= 15 is 0 Å². The second-order valence-electron chi connectivity index (χ2n) is 8.23. The number of anilines is 1. The Morgan fingerprint density at radius 3 is 2.35 bits per heavy atom. The molecule has 1 unspecified atom stereocenters. The number of nitrogens with one attached hydrogen (secondary N) is 2. The topological polar surface area (TPSA) is 46.0 Å². The number of benzene rings is 3. The first-order valence-electron chi connectivity index (χ1n) is 10.8. The highest BCUT2D eigenvalue weighted by Crippen LogP contribution is 2.19. The van der Waals surface area contributed by atoms with Gasteiger partial charge in [0, 0.05) is 37.3 Å². The predicted molar refractivity (Wildman–Crippen MR) is 124 cm³/mol. The Labute approximate surface area is 184 Å². The van der Waals surface area contributed by atoms with Gasteiger partial charge in [-0.15, -0.1) is 0 Å². The maximum atomic E-state index is 12.4. The zero-order valence-corrected chi connectivity index (χ0v) is 18.2. The minimum absolute atomic E-state index is 0.146. The Bertz CT molecular complexity index is 1000. The molecule has 0 aliphatic carbocycles. The van der Waals surface area contributed by atoms with Crippen LogP contribution in [0.25, 0.3) is 0 Å². The Hall–Kier alpha value is -3.31. The average Bonchev–Trinajstić information content (AvgIpc) is 2.80. The molecule has 31 heavy (non-hydrogen) atoms. The molecule has 0 aromatic heterocycles. The molecule has 0 saturated heterocycles. The fourth-order valence-electron chi connectivity index (χ4n) is 4.22. The van der Waals surface area contributed by atoms with Crippen LogP contribution >= 0.6 is 0 Å². The summed E-state index contributed by atoms with van der Waals surface area (Å²) in [5.41, 5.74) is 5.22. The summed E-state index contributed by atoms with van der Waals surface area (Å²) in [5, 5.41) is 3.00. The van der Waals surface area contributed by atoms with E-state index in [2.05, 4.69) is 58.7 Å². The summed E-state index contributed by atoms with van der Waals surface area (Å²) in [6.45, 7) is 2.50. The van der Waals surface area contributed by atoms with Gasteiger partial charge in [0.05, 0.1) is 13.1 Å². The lowest BCUT2D eigenvalue weighted by Gasteiger charge is -2.33. The number of amides is 1. The van der Waals surface area contributed by atoms with Gasteiger partial charge in [0.1, 0.15) is 18.3 Å². The van der Waals surface area contributed by atoms with Crippen LogP contribution in [-0.2, 0) is 13.0 Å². The molecule has 0 saturated carbocycles. The van der Waals surface area contributed by atoms with E-state index in [4.69, 9.17) is 4.74 Å². The molecule has 3 aromatic rings. The van der Waals surface area contributed by atoms with Gasteiger partial charge >= 0.3 is 6.09 Å². The van der Waals surface area contributed by atoms with Crippen LogP contribution in [0, 0.1) is 0 Å². The molecule has 1 heterocycles. The minimum Gasteiger partial charge on any atom is -0.410 e. The Balaban J connectivity index is 1.50. The van der Waals surface area contributed by atoms with Crippen LogP contribution in [0.15, 0.2) is 78.9 Å². The normalized spacial score (nSPS) is 16.1. The van der Waals surface area contributed by atoms with Crippen LogP contribution in [0.1, 0.15) is 22.7 Å². The molecule has 1 amide bonds. The van der Waals surface area contributed by atoms with Crippen LogP contribution in [0.3, 0.4) is 0 Å². The number of para-hydroxylation sites is 1. The van der Waals surface area contributed by atoms with Crippen molar-refractivity contribution in [2.75, 3.05) is 32.1 Å². The van der Waals surface area contributed by atoms with Gasteiger partial charge in [-0.1, -0.05) is 54.6 Å². The second-order valence-corrected chi connectivity index (χ2v) is 8.23. The van der Waals surface area contributed by atoms with Crippen LogP contribution in [0.5, 0.6) is 5.75 Å². The van der Waals surface area contributed by atoms with E-state index in [-0.39, 0.29) is 6.04 Å². The Morgan fingerprint density at radius 1 is 0.968 bits per heavy atom. The third-order valence-electron chi connectivity index (χ3n) is 5.96. The van der Waals surface area contributed by atoms with Crippen molar-refractivity contribution in [2.45, 2.75) is 19.0 Å². The maximum Gasteiger partial charge on any atom is 0.412 e. The van der Waals surface area contributed by atoms with Crippen molar-refractivity contribution < 1.29 is 14.4 Å². The summed E-state index contributed by atoms with van der Waals surface area (Å²) in [7, 11) is 4.08. The number of nitrogens with zero attached hydrogens (tertiary/aromatic N) is 1. The fraction of sp³-hybridized carbons (Fsp3) is 0.269. The maximum absolute atomic E-state index is 12.4. The van der Waals surface area contributed by atoms with Gasteiger partial charge in [-0.3, -0.25) is 0 Å². The first kappa shape index (κ1) is 20.9. The number of carbonyl (C=O) groups excluding carboxylic acids is 1. The van der Waals surface area contributed by atoms with E-state index in [1.165, 1.54) is 21.6 Å². The predicted octanol–water partition coefficient (Wildman–Crippen LogP) is 3.22. The number of carbonyl (C=O) groups is 1. The molecule has 2 N–H and O–H groups in total. The molecular weight excluding hydrogens is 386 g/mol. The van der Waals surface area contributed by atoms with Crippen molar-refractivity contribution in [1.82, 2.24) is 5.32 Å². The van der Waals surface area contributed by atoms with Gasteiger partial charge in [-0.2, -0.15) is 0 Å². The van der Waals surface area contributed by atoms with E-state index in [1.807, 2.05) is 32.3 Å². The van der Waals surface area contributed by atoms with Gasteiger partial charge in [0.25, 0.3) is 0 Å². The van der Waals surface area contributed by atoms with Gasteiger partial charge in [-0.25, -0.2) is 4.79 Å². The second kappa shape index (κ2) is 9.67. The van der Waals surface area contributed by atoms with Crippen molar-refractivity contribution in [1.29, 1.82) is 0 Å². The lowest BCUT2D eigenvalue weighted by atomic mass is 9.96. The van der Waals surface area contributed by atoms with Crippen LogP contribution in [0.2, 0.25) is 0 Å². The smallest absolute Gasteiger partial charge is 0.410 e. The first-order valence-corrected chi connectivity index (χ1v) is 10.8. The van der Waals surface area contributed by atoms with Crippen molar-refractivity contribution in [3.8, 4) is 5.75 Å². The van der Waals surface area contributed by atoms with Crippen molar-refractivity contribution >= 4 is 11.8 Å². The number of quaternary nitrogens is 1. The average molecular weight is 417 g/mol. The minimum atomic E-state index is -0.419. The van der Waals surface area contributed by atoms with Crippen LogP contribution < -0.4 is 19.9 Å². The number of ether oxygens (including phenoxy) is 1. The Kier molecular flexibility index (Phi) is 6.53. The molecule has 5 nitrogen and oxygen atoms in total. The molecule has 1 aliphatic heterocycles. The summed E-state index contributed by atoms with van der Waals surface area (Å²) >= 11 is 0. The fourth-order valence-corrected chi connectivity index (χ4v) is 4.22. The number of hydrogen-bond acceptors (Lipinski definition) is 3. The van der Waals surface area contributed by atoms with Crippen LogP contribution in [0.4, 0.5) is 10.5 Å². The highest BCUT2D eigenvalue weighted by molar-refractivity contribution is 5.70. The molecular formula is C26H30N3O2+. The number of hydrogen-bond donors (Lipinski definition) is 2. The van der Waals surface area contributed by atoms with Crippen LogP contribution in [-0.4, -0.2) is 33.3 Å². The summed E-state index contributed by atoms with van der Waals surface area (Å²) in [5.74, 6) is 0.547. The largest absolute Gasteiger partial charge is 0.412 e. The zero-order chi connectivity index (χ0) is 21.6. The third-order valence-corrected chi connectivity index (χ3v) is 5.96. The van der Waals surface area contributed by atoms with E-state index in [9.17, 15) is 4.79 Å². The molecule has 0 radical (unpaired) electrons. The quantitative estimate of drug-likeness (QED) is 0.649. The molecule has 5 heteroatoms. The van der Waals surface area contributed by atoms with Crippen molar-refractivity contribution in [3.63, 3.8) is 0 Å². The molecule has 2 atom stereocenters. The summed E-state index contributed by atoms with van der Waals surface area (Å²) in [6.07, 6.45) is 0.629. The number of rotatable bonds is 6. The SMILES string of the molecule is CN(C)c1ccc([C@H](CNC(=O)Oc2ccccc2)[NH+]2CCc3ccccc3C2)cc1. The lowest BCUT2D eigenvalue weighted by molar-refractivity contribution is -0.945. The number of fused-ring (bicyclic) bond motifs is 1. The molecule has 3 aromatic carbocycles. The monoisotopic (exact) mass is 416 g/mol. The molecule has 1 aliphatic rings. The summed E-state index contributed by atoms with van der Waals surface area (Å²) in [6, 6.07) is 26.6. The standard InChI is InChI=1S/C26H29N3O2/c1-28(2)23-14-12-21(13-15-23)25(18-27-26(30)31-24-10-4-3-5-11-24)29-17-16-20-8-6-7-9-22(20)19-29/h3-15,25H,16-19H2,1-2H3,(H,27,30)/p+1/t25-/m0/s1. The van der Waals surface area contributed by atoms with Gasteiger partial charge < -0.3 is 19.9 Å². The van der Waals surface area contributed by atoms with Gasteiger partial charge in [-0.05, 0) is 29.8 Å². The van der Waals surface area contributed by atoms with Gasteiger partial charge in [0.2, 0.25) is 0 Å². The zero-order valence-electron chi connectivity index (χ0n) is 18.2. The molecule has 0 bridgehead atoms. The first-order chi connectivity index (χ1) is 15.1. The van der Waals surface area contributed by atoms with Gasteiger partial charge in [0.15, 0.2) is 0 Å². The van der Waals surface area contributed by atoms with E-state index < -0.39 is 6.09 Å². The highest BCUT2D eigenvalue weighted by Gasteiger charge is 2.29. The van der Waals surface area contributed by atoms with Crippen molar-refractivity contribution in [3.05, 3.63) is 95.6 Å². The highest BCUT2D eigenvalue weighted by atomic mass is 16.6. The molecule has 4 rings (SSSR count). The van der Waals surface area contributed by atoms with E-state index in [1.54, 1.807) is 12.1 Å². The van der Waals surface area contributed by atoms with E-state index in [0.29, 0.717) is 12.3 Å². The summed E-state index contributed by atoms with van der Waals surface area (Å²) in [4.78, 5) is 16.0.